The van der Waals surface area contributed by atoms with Crippen LogP contribution in [-0.4, -0.2) is 31.0 Å². The van der Waals surface area contributed by atoms with Crippen molar-refractivity contribution < 1.29 is 4.55 Å². The summed E-state index contributed by atoms with van der Waals surface area (Å²) in [5.41, 5.74) is 0.777. The first-order valence-corrected chi connectivity index (χ1v) is 6.41. The van der Waals surface area contributed by atoms with Crippen molar-refractivity contribution in [3.05, 3.63) is 28.7 Å². The van der Waals surface area contributed by atoms with E-state index < -0.39 is 11.2 Å². The fourth-order valence-corrected chi connectivity index (χ4v) is 2.05. The van der Waals surface area contributed by atoms with Crippen molar-refractivity contribution in [1.82, 2.24) is 20.2 Å². The van der Waals surface area contributed by atoms with Crippen LogP contribution in [0.3, 0.4) is 0 Å². The maximum absolute atomic E-state index is 11.3. The van der Waals surface area contributed by atoms with Gasteiger partial charge in [0.1, 0.15) is 6.26 Å². The van der Waals surface area contributed by atoms with Crippen LogP contribution in [0.2, 0.25) is 0 Å². The van der Waals surface area contributed by atoms with Gasteiger partial charge in [-0.3, -0.25) is 0 Å². The quantitative estimate of drug-likeness (QED) is 0.777. The summed E-state index contributed by atoms with van der Waals surface area (Å²) in [6, 6.07) is 7.46. The van der Waals surface area contributed by atoms with Gasteiger partial charge in [-0.2, -0.15) is 4.68 Å². The second-order valence-corrected chi connectivity index (χ2v) is 5.00. The van der Waals surface area contributed by atoms with Crippen LogP contribution in [0.25, 0.3) is 5.69 Å². The van der Waals surface area contributed by atoms with Crippen LogP contribution in [0.4, 0.5) is 0 Å². The van der Waals surface area contributed by atoms with E-state index in [4.69, 9.17) is 0 Å². The average Bonchev–Trinajstić information content (AvgIpc) is 2.65. The van der Waals surface area contributed by atoms with Crippen molar-refractivity contribution in [2.24, 2.45) is 0 Å². The summed E-state index contributed by atoms with van der Waals surface area (Å²) in [5.74, 6) is 0. The molecule has 0 saturated carbocycles. The topological polar surface area (TPSA) is 66.7 Å². The van der Waals surface area contributed by atoms with Gasteiger partial charge in [0.25, 0.3) is 0 Å². The molecule has 15 heavy (non-hydrogen) atoms. The highest BCUT2D eigenvalue weighted by Gasteiger charge is 2.16. The number of tetrazole rings is 1. The molecule has 78 valence electrons. The molecule has 0 fully saturated rings. The second kappa shape index (κ2) is 4.30. The zero-order chi connectivity index (χ0) is 10.8. The minimum absolute atomic E-state index is 0.341. The molecule has 0 radical (unpaired) electrons. The zero-order valence-corrected chi connectivity index (χ0v) is 10.2. The standard InChI is InChI=1S/C8H7BrN4OS/c1-15(14)8-10-11-12-13(8)7-4-2-3-6(9)5-7/h2-5H,1H3. The molecule has 1 aromatic heterocycles. The number of aromatic nitrogens is 4. The first-order chi connectivity index (χ1) is 7.18. The molecular formula is C8H7BrN4OS. The van der Waals surface area contributed by atoms with E-state index in [9.17, 15) is 4.55 Å². The molecule has 0 bridgehead atoms. The summed E-state index contributed by atoms with van der Waals surface area (Å²) in [7, 11) is 0. The molecular weight excluding hydrogens is 280 g/mol. The SMILES string of the molecule is C[S+]([O-])c1nnnn1-c1cccc(Br)c1. The molecule has 1 unspecified atom stereocenters. The molecule has 7 heteroatoms. The first-order valence-electron chi connectivity index (χ1n) is 4.06. The Kier molecular flexibility index (Phi) is 3.03. The van der Waals surface area contributed by atoms with Gasteiger partial charge < -0.3 is 4.55 Å². The molecule has 1 heterocycles. The number of hydrogen-bond acceptors (Lipinski definition) is 4. The Morgan fingerprint density at radius 1 is 1.47 bits per heavy atom. The summed E-state index contributed by atoms with van der Waals surface area (Å²) >= 11 is 2.15. The van der Waals surface area contributed by atoms with E-state index in [0.29, 0.717) is 5.16 Å². The van der Waals surface area contributed by atoms with E-state index in [1.807, 2.05) is 24.3 Å². The Bertz CT molecular complexity index is 473. The third-order valence-electron chi connectivity index (χ3n) is 1.75. The van der Waals surface area contributed by atoms with Gasteiger partial charge in [0, 0.05) is 15.6 Å². The van der Waals surface area contributed by atoms with Gasteiger partial charge in [-0.25, -0.2) is 0 Å². The second-order valence-electron chi connectivity index (χ2n) is 2.81. The van der Waals surface area contributed by atoms with Crippen molar-refractivity contribution in [3.8, 4) is 5.69 Å². The van der Waals surface area contributed by atoms with Crippen molar-refractivity contribution in [3.63, 3.8) is 0 Å². The highest BCUT2D eigenvalue weighted by Crippen LogP contribution is 2.16. The molecule has 0 N–H and O–H groups in total. The summed E-state index contributed by atoms with van der Waals surface area (Å²) < 4.78 is 13.7. The van der Waals surface area contributed by atoms with Crippen molar-refractivity contribution in [2.75, 3.05) is 6.26 Å². The van der Waals surface area contributed by atoms with E-state index in [2.05, 4.69) is 31.5 Å². The van der Waals surface area contributed by atoms with Gasteiger partial charge in [-0.05, 0) is 28.6 Å². The highest BCUT2D eigenvalue weighted by molar-refractivity contribution is 9.10. The molecule has 1 atom stereocenters. The Morgan fingerprint density at radius 2 is 2.27 bits per heavy atom. The zero-order valence-electron chi connectivity index (χ0n) is 7.79. The molecule has 0 aliphatic carbocycles. The van der Waals surface area contributed by atoms with Crippen LogP contribution in [0, 0.1) is 0 Å². The van der Waals surface area contributed by atoms with Crippen LogP contribution in [0.15, 0.2) is 33.9 Å². The molecule has 5 nitrogen and oxygen atoms in total. The fraction of sp³-hybridized carbons (Fsp3) is 0.125. The molecule has 2 aromatic rings. The lowest BCUT2D eigenvalue weighted by Gasteiger charge is -2.04. The van der Waals surface area contributed by atoms with Gasteiger partial charge in [-0.1, -0.05) is 27.1 Å². The average molecular weight is 287 g/mol. The Balaban J connectivity index is 2.49. The predicted octanol–water partition coefficient (Wildman–Crippen LogP) is 1.16. The summed E-state index contributed by atoms with van der Waals surface area (Å²) in [5, 5.41) is 11.3. The Morgan fingerprint density at radius 3 is 2.93 bits per heavy atom. The monoisotopic (exact) mass is 286 g/mol. The number of rotatable bonds is 2. The lowest BCUT2D eigenvalue weighted by atomic mass is 10.3. The van der Waals surface area contributed by atoms with Crippen molar-refractivity contribution >= 4 is 27.1 Å². The third kappa shape index (κ3) is 2.19. The number of hydrogen-bond donors (Lipinski definition) is 0. The summed E-state index contributed by atoms with van der Waals surface area (Å²) in [6.07, 6.45) is 1.54. The third-order valence-corrected chi connectivity index (χ3v) is 3.01. The lowest BCUT2D eigenvalue weighted by molar-refractivity contribution is 0.585. The largest absolute Gasteiger partial charge is 0.609 e. The van der Waals surface area contributed by atoms with Crippen molar-refractivity contribution in [1.29, 1.82) is 0 Å². The van der Waals surface area contributed by atoms with E-state index in [-0.39, 0.29) is 0 Å². The number of halogens is 1. The highest BCUT2D eigenvalue weighted by atomic mass is 79.9. The number of nitrogens with zero attached hydrogens (tertiary/aromatic N) is 4. The molecule has 0 amide bonds. The van der Waals surface area contributed by atoms with Crippen molar-refractivity contribution in [2.45, 2.75) is 5.16 Å². The first kappa shape index (κ1) is 10.6. The molecule has 2 rings (SSSR count). The Labute approximate surface area is 97.8 Å². The van der Waals surface area contributed by atoms with E-state index in [1.165, 1.54) is 4.68 Å². The maximum Gasteiger partial charge on any atom is 0.365 e. The fourth-order valence-electron chi connectivity index (χ4n) is 1.13. The molecule has 0 spiro atoms. The van der Waals surface area contributed by atoms with Gasteiger partial charge in [-0.15, -0.1) is 0 Å². The molecule has 0 saturated heterocycles. The van der Waals surface area contributed by atoms with Gasteiger partial charge in [0.15, 0.2) is 0 Å². The van der Waals surface area contributed by atoms with Gasteiger partial charge >= 0.3 is 5.16 Å². The van der Waals surface area contributed by atoms with E-state index in [1.54, 1.807) is 6.26 Å². The van der Waals surface area contributed by atoms with E-state index in [0.717, 1.165) is 10.2 Å². The van der Waals surface area contributed by atoms with Crippen LogP contribution < -0.4 is 0 Å². The maximum atomic E-state index is 11.3. The van der Waals surface area contributed by atoms with Crippen LogP contribution in [0.5, 0.6) is 0 Å². The van der Waals surface area contributed by atoms with E-state index >= 15 is 0 Å². The summed E-state index contributed by atoms with van der Waals surface area (Å²) in [4.78, 5) is 0. The minimum atomic E-state index is -1.20. The van der Waals surface area contributed by atoms with Crippen LogP contribution in [0.1, 0.15) is 0 Å². The normalized spacial score (nSPS) is 12.7. The van der Waals surface area contributed by atoms with Crippen LogP contribution >= 0.6 is 15.9 Å². The van der Waals surface area contributed by atoms with Crippen LogP contribution in [-0.2, 0) is 11.2 Å². The van der Waals surface area contributed by atoms with Gasteiger partial charge in [0.05, 0.1) is 5.69 Å². The smallest absolute Gasteiger partial charge is 0.365 e. The summed E-state index contributed by atoms with van der Waals surface area (Å²) in [6.45, 7) is 0. The lowest BCUT2D eigenvalue weighted by Crippen LogP contribution is -2.08. The molecule has 1 aromatic carbocycles. The molecule has 0 aliphatic rings. The minimum Gasteiger partial charge on any atom is -0.609 e. The predicted molar refractivity (Wildman–Crippen MR) is 59.2 cm³/mol. The Hall–Kier alpha value is -0.920. The molecule has 0 aliphatic heterocycles. The van der Waals surface area contributed by atoms with Gasteiger partial charge in [0.2, 0.25) is 0 Å². The number of benzene rings is 1.